The lowest BCUT2D eigenvalue weighted by Gasteiger charge is -2.35. The number of nitrogens with one attached hydrogen (secondary N) is 2. The number of likely N-dealkylation sites (tertiary alicyclic amines) is 1. The van der Waals surface area contributed by atoms with E-state index in [9.17, 15) is 23.9 Å². The Morgan fingerprint density at radius 2 is 1.90 bits per heavy atom. The zero-order valence-electron chi connectivity index (χ0n) is 24.1. The van der Waals surface area contributed by atoms with E-state index in [0.29, 0.717) is 10.0 Å². The SMILES string of the molecule is Cc1ncsc1-c1ccc(CNC(=O)[C@@H]2C[C@@H](O)CN2C(=O)[C@@H](NC(=O)CCc2cccc(F)c2Br)C(C)(C)C)cc1. The van der Waals surface area contributed by atoms with Crippen LogP contribution in [0, 0.1) is 18.2 Å². The van der Waals surface area contributed by atoms with Gasteiger partial charge in [0.2, 0.25) is 17.7 Å². The summed E-state index contributed by atoms with van der Waals surface area (Å²) in [5.41, 5.74) is 4.71. The van der Waals surface area contributed by atoms with Crippen molar-refractivity contribution in [2.24, 2.45) is 5.41 Å². The average molecular weight is 660 g/mol. The molecule has 3 N–H and O–H groups in total. The van der Waals surface area contributed by atoms with Gasteiger partial charge in [0.1, 0.15) is 17.9 Å². The molecule has 1 saturated heterocycles. The van der Waals surface area contributed by atoms with E-state index in [0.717, 1.165) is 21.7 Å². The van der Waals surface area contributed by atoms with Gasteiger partial charge in [-0.05, 0) is 57.4 Å². The van der Waals surface area contributed by atoms with E-state index in [1.165, 1.54) is 11.0 Å². The number of thiazole rings is 1. The fourth-order valence-electron chi connectivity index (χ4n) is 5.00. The summed E-state index contributed by atoms with van der Waals surface area (Å²) >= 11 is 4.79. The van der Waals surface area contributed by atoms with E-state index in [1.807, 2.05) is 57.5 Å². The molecule has 1 fully saturated rings. The van der Waals surface area contributed by atoms with E-state index in [1.54, 1.807) is 23.5 Å². The van der Waals surface area contributed by atoms with Crippen LogP contribution in [0.25, 0.3) is 10.4 Å². The van der Waals surface area contributed by atoms with E-state index >= 15 is 0 Å². The first-order valence-electron chi connectivity index (χ1n) is 13.8. The summed E-state index contributed by atoms with van der Waals surface area (Å²) in [5.74, 6) is -1.56. The van der Waals surface area contributed by atoms with Crippen molar-refractivity contribution in [2.45, 2.75) is 71.7 Å². The van der Waals surface area contributed by atoms with Crippen molar-refractivity contribution in [3.63, 3.8) is 0 Å². The number of hydrogen-bond donors (Lipinski definition) is 3. The largest absolute Gasteiger partial charge is 0.391 e. The molecule has 0 unspecified atom stereocenters. The topological polar surface area (TPSA) is 112 Å². The van der Waals surface area contributed by atoms with Crippen LogP contribution in [0.15, 0.2) is 52.4 Å². The van der Waals surface area contributed by atoms with E-state index in [4.69, 9.17) is 0 Å². The first kappa shape index (κ1) is 31.8. The van der Waals surface area contributed by atoms with Crippen molar-refractivity contribution < 1.29 is 23.9 Å². The number of amides is 3. The quantitative estimate of drug-likeness (QED) is 0.307. The molecule has 1 aromatic heterocycles. The lowest BCUT2D eigenvalue weighted by molar-refractivity contribution is -0.144. The molecular weight excluding hydrogens is 623 g/mol. The second-order valence-electron chi connectivity index (χ2n) is 11.7. The zero-order chi connectivity index (χ0) is 30.6. The second-order valence-corrected chi connectivity index (χ2v) is 13.3. The van der Waals surface area contributed by atoms with Crippen molar-refractivity contribution in [3.8, 4) is 10.4 Å². The number of halogens is 2. The number of benzene rings is 2. The molecule has 4 rings (SSSR count). The fraction of sp³-hybridized carbons (Fsp3) is 0.419. The van der Waals surface area contributed by atoms with E-state index in [2.05, 4.69) is 31.5 Å². The van der Waals surface area contributed by atoms with Crippen LogP contribution in [-0.4, -0.2) is 57.4 Å². The van der Waals surface area contributed by atoms with Crippen LogP contribution < -0.4 is 10.6 Å². The maximum Gasteiger partial charge on any atom is 0.246 e. The number of aromatic nitrogens is 1. The van der Waals surface area contributed by atoms with Crippen molar-refractivity contribution >= 4 is 45.0 Å². The van der Waals surface area contributed by atoms with Gasteiger partial charge in [-0.15, -0.1) is 11.3 Å². The van der Waals surface area contributed by atoms with Gasteiger partial charge < -0.3 is 20.6 Å². The minimum atomic E-state index is -0.927. The van der Waals surface area contributed by atoms with Gasteiger partial charge in [-0.3, -0.25) is 14.4 Å². The number of aliphatic hydroxyl groups is 1. The average Bonchev–Trinajstić information content (AvgIpc) is 3.55. The maximum atomic E-state index is 13.9. The molecule has 1 aliphatic rings. The van der Waals surface area contributed by atoms with Gasteiger partial charge in [-0.1, -0.05) is 57.2 Å². The predicted octanol–water partition coefficient (Wildman–Crippen LogP) is 4.76. The molecule has 11 heteroatoms. The van der Waals surface area contributed by atoms with Gasteiger partial charge in [0.15, 0.2) is 0 Å². The highest BCUT2D eigenvalue weighted by Gasteiger charge is 2.44. The first-order valence-corrected chi connectivity index (χ1v) is 15.5. The highest BCUT2D eigenvalue weighted by atomic mass is 79.9. The number of nitrogens with zero attached hydrogens (tertiary/aromatic N) is 2. The van der Waals surface area contributed by atoms with Crippen molar-refractivity contribution in [1.29, 1.82) is 0 Å². The molecule has 1 aliphatic heterocycles. The Hall–Kier alpha value is -3.15. The lowest BCUT2D eigenvalue weighted by Crippen LogP contribution is -2.57. The normalized spacial score (nSPS) is 17.6. The molecule has 2 aromatic carbocycles. The summed E-state index contributed by atoms with van der Waals surface area (Å²) in [7, 11) is 0. The molecule has 0 spiro atoms. The number of hydrogen-bond acceptors (Lipinski definition) is 6. The first-order chi connectivity index (χ1) is 19.8. The number of β-amino-alcohol motifs (C(OH)–C–C–N with tert-alkyl or cyclic N) is 1. The third-order valence-electron chi connectivity index (χ3n) is 7.36. The smallest absolute Gasteiger partial charge is 0.246 e. The van der Waals surface area contributed by atoms with Crippen LogP contribution in [0.4, 0.5) is 4.39 Å². The van der Waals surface area contributed by atoms with E-state index in [-0.39, 0.29) is 44.2 Å². The van der Waals surface area contributed by atoms with Gasteiger partial charge >= 0.3 is 0 Å². The highest BCUT2D eigenvalue weighted by Crippen LogP contribution is 2.28. The number of aliphatic hydroxyl groups excluding tert-OH is 1. The Bertz CT molecular complexity index is 1440. The summed E-state index contributed by atoms with van der Waals surface area (Å²) in [6.45, 7) is 7.72. The van der Waals surface area contributed by atoms with Crippen LogP contribution in [0.2, 0.25) is 0 Å². The standard InChI is InChI=1S/C31H36BrFN4O4S/c1-18-27(42-17-35-18)21-10-8-19(9-11-21)15-34-29(40)24-14-22(38)16-37(24)30(41)28(31(2,3)4)36-25(39)13-12-20-6-5-7-23(33)26(20)32/h5-11,17,22,24,28,38H,12-16H2,1-4H3,(H,34,40)(H,36,39)/t22-,24+,28-/m1/s1. The summed E-state index contributed by atoms with van der Waals surface area (Å²) in [5, 5.41) is 16.2. The van der Waals surface area contributed by atoms with Crippen molar-refractivity contribution in [3.05, 3.63) is 75.1 Å². The summed E-state index contributed by atoms with van der Waals surface area (Å²) in [6, 6.07) is 10.7. The number of aryl methyl sites for hydroxylation is 2. The Kier molecular flexibility index (Phi) is 10.2. The van der Waals surface area contributed by atoms with Gasteiger partial charge in [0, 0.05) is 25.9 Å². The molecule has 3 aromatic rings. The predicted molar refractivity (Wildman–Crippen MR) is 164 cm³/mol. The molecule has 2 heterocycles. The van der Waals surface area contributed by atoms with Crippen LogP contribution in [-0.2, 0) is 27.3 Å². The monoisotopic (exact) mass is 658 g/mol. The summed E-state index contributed by atoms with van der Waals surface area (Å²) in [4.78, 5) is 46.7. The molecular formula is C31H36BrFN4O4S. The molecule has 0 radical (unpaired) electrons. The minimum Gasteiger partial charge on any atom is -0.391 e. The van der Waals surface area contributed by atoms with Crippen LogP contribution >= 0.6 is 27.3 Å². The number of carbonyl (C=O) groups is 3. The molecule has 0 bridgehead atoms. The van der Waals surface area contributed by atoms with Crippen LogP contribution in [0.3, 0.4) is 0 Å². The van der Waals surface area contributed by atoms with Crippen LogP contribution in [0.1, 0.15) is 50.4 Å². The molecule has 224 valence electrons. The summed E-state index contributed by atoms with van der Waals surface area (Å²) in [6.07, 6.45) is -0.406. The van der Waals surface area contributed by atoms with Gasteiger partial charge in [-0.25, -0.2) is 9.37 Å². The Morgan fingerprint density at radius 1 is 1.19 bits per heavy atom. The molecule has 0 aliphatic carbocycles. The molecule has 0 saturated carbocycles. The Morgan fingerprint density at radius 3 is 2.55 bits per heavy atom. The van der Waals surface area contributed by atoms with Gasteiger partial charge in [0.25, 0.3) is 0 Å². The second kappa shape index (κ2) is 13.4. The third-order valence-corrected chi connectivity index (χ3v) is 9.23. The van der Waals surface area contributed by atoms with Crippen molar-refractivity contribution in [2.75, 3.05) is 6.54 Å². The summed E-state index contributed by atoms with van der Waals surface area (Å²) < 4.78 is 14.2. The zero-order valence-corrected chi connectivity index (χ0v) is 26.5. The fourth-order valence-corrected chi connectivity index (χ4v) is 6.28. The Labute approximate surface area is 257 Å². The highest BCUT2D eigenvalue weighted by molar-refractivity contribution is 9.10. The molecule has 42 heavy (non-hydrogen) atoms. The number of carbonyl (C=O) groups excluding carboxylic acids is 3. The molecule has 3 atom stereocenters. The van der Waals surface area contributed by atoms with Gasteiger partial charge in [0.05, 0.1) is 26.7 Å². The van der Waals surface area contributed by atoms with Crippen LogP contribution in [0.5, 0.6) is 0 Å². The Balaban J connectivity index is 1.39. The van der Waals surface area contributed by atoms with Crippen molar-refractivity contribution in [1.82, 2.24) is 20.5 Å². The lowest BCUT2D eigenvalue weighted by atomic mass is 9.85. The number of rotatable bonds is 9. The van der Waals surface area contributed by atoms with Gasteiger partial charge in [-0.2, -0.15) is 0 Å². The third kappa shape index (κ3) is 7.62. The molecule has 3 amide bonds. The molecule has 8 nitrogen and oxygen atoms in total. The minimum absolute atomic E-state index is 0.00148. The maximum absolute atomic E-state index is 13.9. The van der Waals surface area contributed by atoms with E-state index < -0.39 is 35.3 Å².